The number of likely N-dealkylation sites (tertiary alicyclic amines) is 1. The lowest BCUT2D eigenvalue weighted by Gasteiger charge is -2.28. The number of hydrogen-bond donors (Lipinski definition) is 2. The first kappa shape index (κ1) is 11.9. The Morgan fingerprint density at radius 3 is 2.53 bits per heavy atom. The summed E-state index contributed by atoms with van der Waals surface area (Å²) in [5.41, 5.74) is 7.07. The van der Waals surface area contributed by atoms with Gasteiger partial charge >= 0.3 is 0 Å². The molecule has 1 unspecified atom stereocenters. The maximum absolute atomic E-state index is 11.7. The molecule has 0 bridgehead atoms. The molecule has 1 atom stereocenters. The minimum absolute atomic E-state index is 0.276. The summed E-state index contributed by atoms with van der Waals surface area (Å²) in [4.78, 5) is 13.8. The first-order valence-corrected chi connectivity index (χ1v) is 5.85. The minimum atomic E-state index is -0.621. The van der Waals surface area contributed by atoms with Gasteiger partial charge in [-0.1, -0.05) is 17.7 Å². The number of nitrogens with zero attached hydrogens (tertiary/aromatic N) is 1. The SMILES string of the molecule is Cc1ccc(NC2(C(N)=O)CCN(C)C2)cc1. The molecule has 3 N–H and O–H groups in total. The Kier molecular flexibility index (Phi) is 3.07. The second-order valence-electron chi connectivity index (χ2n) is 4.93. The molecule has 0 saturated carbocycles. The van der Waals surface area contributed by atoms with Crippen LogP contribution in [0.5, 0.6) is 0 Å². The summed E-state index contributed by atoms with van der Waals surface area (Å²) in [5, 5.41) is 3.30. The average Bonchev–Trinajstić information content (AvgIpc) is 2.65. The van der Waals surface area contributed by atoms with Crippen molar-refractivity contribution in [2.24, 2.45) is 5.73 Å². The molecule has 1 aromatic carbocycles. The van der Waals surface area contributed by atoms with Crippen LogP contribution in [0.1, 0.15) is 12.0 Å². The van der Waals surface area contributed by atoms with Crippen LogP contribution in [0.4, 0.5) is 5.69 Å². The molecule has 0 aliphatic carbocycles. The lowest BCUT2D eigenvalue weighted by molar-refractivity contribution is -0.121. The van der Waals surface area contributed by atoms with Crippen LogP contribution in [0.3, 0.4) is 0 Å². The maximum Gasteiger partial charge on any atom is 0.244 e. The van der Waals surface area contributed by atoms with Crippen molar-refractivity contribution in [2.45, 2.75) is 18.9 Å². The summed E-state index contributed by atoms with van der Waals surface area (Å²) in [6, 6.07) is 8.02. The molecule has 0 radical (unpaired) electrons. The number of anilines is 1. The topological polar surface area (TPSA) is 58.4 Å². The Labute approximate surface area is 102 Å². The Balaban J connectivity index is 2.19. The Hall–Kier alpha value is -1.55. The zero-order valence-corrected chi connectivity index (χ0v) is 10.4. The molecule has 92 valence electrons. The number of likely N-dealkylation sites (N-methyl/N-ethyl adjacent to an activating group) is 1. The summed E-state index contributed by atoms with van der Waals surface area (Å²) >= 11 is 0. The zero-order valence-electron chi connectivity index (χ0n) is 10.4. The smallest absolute Gasteiger partial charge is 0.244 e. The van der Waals surface area contributed by atoms with Crippen LogP contribution in [0.25, 0.3) is 0 Å². The fourth-order valence-corrected chi connectivity index (χ4v) is 2.28. The maximum atomic E-state index is 11.7. The van der Waals surface area contributed by atoms with Gasteiger partial charge in [-0.2, -0.15) is 0 Å². The molecule has 4 heteroatoms. The third-order valence-corrected chi connectivity index (χ3v) is 3.37. The minimum Gasteiger partial charge on any atom is -0.370 e. The number of benzene rings is 1. The fourth-order valence-electron chi connectivity index (χ4n) is 2.28. The highest BCUT2D eigenvalue weighted by Gasteiger charge is 2.42. The number of nitrogens with two attached hydrogens (primary N) is 1. The van der Waals surface area contributed by atoms with E-state index in [-0.39, 0.29) is 5.91 Å². The lowest BCUT2D eigenvalue weighted by atomic mass is 9.97. The number of aryl methyl sites for hydroxylation is 1. The van der Waals surface area contributed by atoms with Crippen LogP contribution in [-0.2, 0) is 4.79 Å². The predicted octanol–water partition coefficient (Wildman–Crippen LogP) is 0.967. The fraction of sp³-hybridized carbons (Fsp3) is 0.462. The van der Waals surface area contributed by atoms with Gasteiger partial charge in [0.15, 0.2) is 0 Å². The third kappa shape index (κ3) is 2.42. The standard InChI is InChI=1S/C13H19N3O/c1-10-3-5-11(6-4-10)15-13(12(14)17)7-8-16(2)9-13/h3-6,15H,7-9H2,1-2H3,(H2,14,17). The molecule has 17 heavy (non-hydrogen) atoms. The lowest BCUT2D eigenvalue weighted by Crippen LogP contribution is -2.52. The van der Waals surface area contributed by atoms with E-state index in [1.807, 2.05) is 38.2 Å². The first-order chi connectivity index (χ1) is 8.02. The second kappa shape index (κ2) is 4.37. The predicted molar refractivity (Wildman–Crippen MR) is 68.8 cm³/mol. The van der Waals surface area contributed by atoms with Gasteiger partial charge in [0, 0.05) is 18.8 Å². The van der Waals surface area contributed by atoms with Crippen molar-refractivity contribution in [3.8, 4) is 0 Å². The summed E-state index contributed by atoms with van der Waals surface area (Å²) in [7, 11) is 2.00. The molecule has 1 saturated heterocycles. The van der Waals surface area contributed by atoms with Gasteiger partial charge in [-0.3, -0.25) is 4.79 Å². The third-order valence-electron chi connectivity index (χ3n) is 3.37. The summed E-state index contributed by atoms with van der Waals surface area (Å²) < 4.78 is 0. The van der Waals surface area contributed by atoms with Crippen molar-refractivity contribution in [3.05, 3.63) is 29.8 Å². The summed E-state index contributed by atoms with van der Waals surface area (Å²) in [5.74, 6) is -0.276. The van der Waals surface area contributed by atoms with Crippen LogP contribution in [0.2, 0.25) is 0 Å². The van der Waals surface area contributed by atoms with E-state index in [2.05, 4.69) is 10.2 Å². The Bertz CT molecular complexity index is 415. The molecule has 1 heterocycles. The molecular weight excluding hydrogens is 214 g/mol. The van der Waals surface area contributed by atoms with Gasteiger partial charge in [-0.05, 0) is 32.5 Å². The number of rotatable bonds is 3. The van der Waals surface area contributed by atoms with E-state index in [9.17, 15) is 4.79 Å². The van der Waals surface area contributed by atoms with Crippen LogP contribution < -0.4 is 11.1 Å². The van der Waals surface area contributed by atoms with Crippen LogP contribution in [0, 0.1) is 6.92 Å². The quantitative estimate of drug-likeness (QED) is 0.817. The van der Waals surface area contributed by atoms with Gasteiger partial charge in [0.25, 0.3) is 0 Å². The largest absolute Gasteiger partial charge is 0.370 e. The number of nitrogens with one attached hydrogen (secondary N) is 1. The molecule has 1 aliphatic heterocycles. The molecule has 0 spiro atoms. The van der Waals surface area contributed by atoms with E-state index in [4.69, 9.17) is 5.73 Å². The number of primary amides is 1. The second-order valence-corrected chi connectivity index (χ2v) is 4.93. The van der Waals surface area contributed by atoms with E-state index >= 15 is 0 Å². The van der Waals surface area contributed by atoms with Gasteiger partial charge in [0.05, 0.1) is 0 Å². The molecule has 1 aliphatic rings. The van der Waals surface area contributed by atoms with Crippen LogP contribution in [0.15, 0.2) is 24.3 Å². The van der Waals surface area contributed by atoms with E-state index in [0.717, 1.165) is 18.7 Å². The van der Waals surface area contributed by atoms with E-state index < -0.39 is 5.54 Å². The van der Waals surface area contributed by atoms with E-state index in [1.54, 1.807) is 0 Å². The van der Waals surface area contributed by atoms with Crippen molar-refractivity contribution in [1.82, 2.24) is 4.90 Å². The number of carbonyl (C=O) groups is 1. The summed E-state index contributed by atoms with van der Waals surface area (Å²) in [6.07, 6.45) is 0.757. The van der Waals surface area contributed by atoms with Crippen LogP contribution in [-0.4, -0.2) is 36.5 Å². The average molecular weight is 233 g/mol. The van der Waals surface area contributed by atoms with Crippen molar-refractivity contribution in [1.29, 1.82) is 0 Å². The highest BCUT2D eigenvalue weighted by atomic mass is 16.1. The Morgan fingerprint density at radius 1 is 1.41 bits per heavy atom. The molecule has 0 aromatic heterocycles. The van der Waals surface area contributed by atoms with Gasteiger partial charge in [-0.15, -0.1) is 0 Å². The molecule has 1 amide bonds. The van der Waals surface area contributed by atoms with Crippen molar-refractivity contribution in [2.75, 3.05) is 25.5 Å². The van der Waals surface area contributed by atoms with Gasteiger partial charge in [-0.25, -0.2) is 0 Å². The zero-order chi connectivity index (χ0) is 12.5. The molecule has 4 nitrogen and oxygen atoms in total. The van der Waals surface area contributed by atoms with Gasteiger partial charge in [0.1, 0.15) is 5.54 Å². The van der Waals surface area contributed by atoms with Crippen molar-refractivity contribution in [3.63, 3.8) is 0 Å². The van der Waals surface area contributed by atoms with E-state index in [1.165, 1.54) is 5.56 Å². The van der Waals surface area contributed by atoms with Crippen molar-refractivity contribution < 1.29 is 4.79 Å². The van der Waals surface area contributed by atoms with Crippen molar-refractivity contribution >= 4 is 11.6 Å². The van der Waals surface area contributed by atoms with Gasteiger partial charge < -0.3 is 16.0 Å². The molecular formula is C13H19N3O. The normalized spacial score (nSPS) is 24.8. The molecule has 1 aromatic rings. The number of carbonyl (C=O) groups excluding carboxylic acids is 1. The Morgan fingerprint density at radius 2 is 2.06 bits per heavy atom. The first-order valence-electron chi connectivity index (χ1n) is 5.85. The molecule has 2 rings (SSSR count). The van der Waals surface area contributed by atoms with E-state index in [0.29, 0.717) is 6.54 Å². The highest BCUT2D eigenvalue weighted by molar-refractivity contribution is 5.88. The molecule has 1 fully saturated rings. The number of amides is 1. The van der Waals surface area contributed by atoms with Crippen LogP contribution >= 0.6 is 0 Å². The highest BCUT2D eigenvalue weighted by Crippen LogP contribution is 2.25. The number of hydrogen-bond acceptors (Lipinski definition) is 3. The monoisotopic (exact) mass is 233 g/mol. The van der Waals surface area contributed by atoms with Gasteiger partial charge in [0.2, 0.25) is 5.91 Å². The summed E-state index contributed by atoms with van der Waals surface area (Å²) in [6.45, 7) is 3.59.